The van der Waals surface area contributed by atoms with Gasteiger partial charge >= 0.3 is 5.97 Å². The van der Waals surface area contributed by atoms with E-state index in [0.717, 1.165) is 24.8 Å². The number of ether oxygens (including phenoxy) is 2. The summed E-state index contributed by atoms with van der Waals surface area (Å²) < 4.78 is 10.3. The van der Waals surface area contributed by atoms with Gasteiger partial charge in [0.15, 0.2) is 12.2 Å². The maximum Gasteiger partial charge on any atom is 0.338 e. The highest BCUT2D eigenvalue weighted by Gasteiger charge is 2.39. The fourth-order valence-electron chi connectivity index (χ4n) is 2.89. The topological polar surface area (TPSA) is 76.1 Å². The van der Waals surface area contributed by atoms with Crippen molar-refractivity contribution in [1.82, 2.24) is 4.90 Å². The Hall–Kier alpha value is -2.08. The molecular weight excluding hydrogens is 310 g/mol. The molecule has 1 aliphatic rings. The molecule has 0 aliphatic heterocycles. The second kappa shape index (κ2) is 8.15. The van der Waals surface area contributed by atoms with E-state index in [2.05, 4.69) is 0 Å². The lowest BCUT2D eigenvalue weighted by atomic mass is 9.85. The molecule has 132 valence electrons. The van der Waals surface area contributed by atoms with Crippen LogP contribution in [0.1, 0.15) is 37.7 Å². The van der Waals surface area contributed by atoms with Crippen LogP contribution in [0.5, 0.6) is 5.75 Å². The Morgan fingerprint density at radius 1 is 1.21 bits per heavy atom. The van der Waals surface area contributed by atoms with Gasteiger partial charge in [-0.3, -0.25) is 4.79 Å². The largest absolute Gasteiger partial charge is 0.496 e. The van der Waals surface area contributed by atoms with Gasteiger partial charge in [-0.15, -0.1) is 0 Å². The summed E-state index contributed by atoms with van der Waals surface area (Å²) in [7, 11) is 3.21. The minimum Gasteiger partial charge on any atom is -0.496 e. The van der Waals surface area contributed by atoms with Crippen LogP contribution < -0.4 is 4.74 Å². The number of hydrogen-bond donors (Lipinski definition) is 1. The van der Waals surface area contributed by atoms with E-state index in [1.807, 2.05) is 24.3 Å². The lowest BCUT2D eigenvalue weighted by molar-refractivity contribution is -0.172. The van der Waals surface area contributed by atoms with Crippen LogP contribution >= 0.6 is 0 Å². The van der Waals surface area contributed by atoms with E-state index in [-0.39, 0.29) is 12.5 Å². The number of aliphatic hydroxyl groups is 1. The first-order valence-electron chi connectivity index (χ1n) is 8.22. The molecule has 6 heteroatoms. The first-order valence-corrected chi connectivity index (χ1v) is 8.22. The van der Waals surface area contributed by atoms with Gasteiger partial charge in [0.1, 0.15) is 5.75 Å². The fraction of sp³-hybridized carbons (Fsp3) is 0.556. The van der Waals surface area contributed by atoms with E-state index in [4.69, 9.17) is 9.47 Å². The number of hydrogen-bond acceptors (Lipinski definition) is 5. The first kappa shape index (κ1) is 18.3. The Morgan fingerprint density at radius 3 is 2.54 bits per heavy atom. The molecule has 1 aliphatic carbocycles. The normalized spacial score (nSPS) is 16.3. The van der Waals surface area contributed by atoms with Gasteiger partial charge in [0.25, 0.3) is 5.91 Å². The lowest BCUT2D eigenvalue weighted by Gasteiger charge is -2.29. The molecule has 1 fully saturated rings. The predicted octanol–water partition coefficient (Wildman–Crippen LogP) is 1.89. The van der Waals surface area contributed by atoms with Gasteiger partial charge < -0.3 is 19.5 Å². The molecule has 0 radical (unpaired) electrons. The zero-order chi connectivity index (χ0) is 17.6. The second-order valence-electron chi connectivity index (χ2n) is 6.23. The third kappa shape index (κ3) is 4.47. The summed E-state index contributed by atoms with van der Waals surface area (Å²) in [5.41, 5.74) is -0.562. The van der Waals surface area contributed by atoms with Crippen LogP contribution in [0.25, 0.3) is 0 Å². The average Bonchev–Trinajstić information content (AvgIpc) is 2.60. The Labute approximate surface area is 142 Å². The summed E-state index contributed by atoms with van der Waals surface area (Å²) in [6, 6.07) is 7.43. The number of nitrogens with zero attached hydrogens (tertiary/aromatic N) is 1. The highest BCUT2D eigenvalue weighted by Crippen LogP contribution is 2.29. The molecule has 24 heavy (non-hydrogen) atoms. The van der Waals surface area contributed by atoms with E-state index in [9.17, 15) is 14.7 Å². The number of carbonyl (C=O) groups excluding carboxylic acids is 2. The fourth-order valence-corrected chi connectivity index (χ4v) is 2.89. The Morgan fingerprint density at radius 2 is 1.88 bits per heavy atom. The van der Waals surface area contributed by atoms with Gasteiger partial charge in [0.05, 0.1) is 7.11 Å². The summed E-state index contributed by atoms with van der Waals surface area (Å²) in [5, 5.41) is 10.3. The van der Waals surface area contributed by atoms with Crippen LogP contribution in [0, 0.1) is 0 Å². The van der Waals surface area contributed by atoms with Crippen LogP contribution in [-0.4, -0.2) is 48.2 Å². The monoisotopic (exact) mass is 335 g/mol. The van der Waals surface area contributed by atoms with Crippen LogP contribution in [-0.2, 0) is 20.9 Å². The summed E-state index contributed by atoms with van der Waals surface area (Å²) in [6.07, 6.45) is 3.41. The molecule has 0 spiro atoms. The maximum absolute atomic E-state index is 12.2. The minimum atomic E-state index is -1.43. The number of carbonyl (C=O) groups is 2. The molecule has 1 N–H and O–H groups in total. The number of rotatable bonds is 6. The molecule has 1 aromatic rings. The number of methoxy groups -OCH3 is 1. The van der Waals surface area contributed by atoms with Crippen LogP contribution in [0.4, 0.5) is 0 Å². The zero-order valence-corrected chi connectivity index (χ0v) is 14.3. The van der Waals surface area contributed by atoms with E-state index < -0.39 is 11.6 Å². The smallest absolute Gasteiger partial charge is 0.338 e. The third-order valence-electron chi connectivity index (χ3n) is 4.41. The molecule has 1 amide bonds. The zero-order valence-electron chi connectivity index (χ0n) is 14.3. The van der Waals surface area contributed by atoms with Gasteiger partial charge in [0.2, 0.25) is 0 Å². The Bertz CT molecular complexity index is 581. The number of amides is 1. The van der Waals surface area contributed by atoms with Crippen molar-refractivity contribution in [3.8, 4) is 5.75 Å². The average molecular weight is 335 g/mol. The molecule has 0 saturated heterocycles. The molecule has 0 bridgehead atoms. The highest BCUT2D eigenvalue weighted by molar-refractivity contribution is 5.84. The SMILES string of the molecule is COc1ccccc1CN(C)C(=O)COC(=O)C1(O)CCCCC1. The first-order chi connectivity index (χ1) is 11.5. The second-order valence-corrected chi connectivity index (χ2v) is 6.23. The number of para-hydroxylation sites is 1. The van der Waals surface area contributed by atoms with Gasteiger partial charge in [0, 0.05) is 19.2 Å². The van der Waals surface area contributed by atoms with E-state index in [1.165, 1.54) is 4.90 Å². The summed E-state index contributed by atoms with van der Waals surface area (Å²) in [6.45, 7) is -0.0164. The van der Waals surface area contributed by atoms with Crippen molar-refractivity contribution in [3.63, 3.8) is 0 Å². The Kier molecular flexibility index (Phi) is 6.20. The predicted molar refractivity (Wildman–Crippen MR) is 88.5 cm³/mol. The van der Waals surface area contributed by atoms with Gasteiger partial charge in [-0.2, -0.15) is 0 Å². The molecule has 2 rings (SSSR count). The van der Waals surface area contributed by atoms with Crippen molar-refractivity contribution < 1.29 is 24.2 Å². The molecular formula is C18H25NO5. The van der Waals surface area contributed by atoms with Crippen molar-refractivity contribution in [2.75, 3.05) is 20.8 Å². The van der Waals surface area contributed by atoms with Crippen molar-refractivity contribution in [2.45, 2.75) is 44.2 Å². The molecule has 1 saturated carbocycles. The van der Waals surface area contributed by atoms with Crippen LogP contribution in [0.3, 0.4) is 0 Å². The number of likely N-dealkylation sites (N-methyl/N-ethyl adjacent to an activating group) is 1. The quantitative estimate of drug-likeness (QED) is 0.804. The van der Waals surface area contributed by atoms with Crippen LogP contribution in [0.15, 0.2) is 24.3 Å². The number of esters is 1. The van der Waals surface area contributed by atoms with E-state index >= 15 is 0 Å². The van der Waals surface area contributed by atoms with Crippen LogP contribution in [0.2, 0.25) is 0 Å². The summed E-state index contributed by atoms with van der Waals surface area (Å²) in [5.74, 6) is -0.319. The summed E-state index contributed by atoms with van der Waals surface area (Å²) >= 11 is 0. The van der Waals surface area contributed by atoms with Crippen molar-refractivity contribution >= 4 is 11.9 Å². The van der Waals surface area contributed by atoms with E-state index in [0.29, 0.717) is 25.1 Å². The van der Waals surface area contributed by atoms with Gasteiger partial charge in [-0.05, 0) is 31.7 Å². The minimum absolute atomic E-state index is 0.325. The standard InChI is InChI=1S/C18H25NO5/c1-19(12-14-8-4-5-9-15(14)23-2)16(20)13-24-17(21)18(22)10-6-3-7-11-18/h4-5,8-9,22H,3,6-7,10-13H2,1-2H3. The van der Waals surface area contributed by atoms with Crippen molar-refractivity contribution in [1.29, 1.82) is 0 Å². The van der Waals surface area contributed by atoms with E-state index in [1.54, 1.807) is 14.2 Å². The van der Waals surface area contributed by atoms with Crippen molar-refractivity contribution in [2.24, 2.45) is 0 Å². The Balaban J connectivity index is 1.86. The molecule has 0 aromatic heterocycles. The summed E-state index contributed by atoms with van der Waals surface area (Å²) in [4.78, 5) is 25.7. The highest BCUT2D eigenvalue weighted by atomic mass is 16.6. The maximum atomic E-state index is 12.2. The lowest BCUT2D eigenvalue weighted by Crippen LogP contribution is -2.43. The molecule has 0 unspecified atom stereocenters. The molecule has 0 atom stereocenters. The molecule has 0 heterocycles. The van der Waals surface area contributed by atoms with Gasteiger partial charge in [-0.1, -0.05) is 24.6 Å². The molecule has 1 aromatic carbocycles. The molecule has 6 nitrogen and oxygen atoms in total. The third-order valence-corrected chi connectivity index (χ3v) is 4.41. The van der Waals surface area contributed by atoms with Gasteiger partial charge in [-0.25, -0.2) is 4.79 Å². The number of benzene rings is 1. The van der Waals surface area contributed by atoms with Crippen molar-refractivity contribution in [3.05, 3.63) is 29.8 Å².